The number of terminal acetylenes is 1. The predicted molar refractivity (Wildman–Crippen MR) is 87.8 cm³/mol. The van der Waals surface area contributed by atoms with E-state index in [1.165, 1.54) is 5.56 Å². The summed E-state index contributed by atoms with van der Waals surface area (Å²) >= 11 is 6.09. The molecule has 1 aliphatic rings. The fourth-order valence-corrected chi connectivity index (χ4v) is 2.89. The Balaban J connectivity index is 1.85. The summed E-state index contributed by atoms with van der Waals surface area (Å²) in [4.78, 5) is 2.47. The number of rotatable bonds is 6. The Labute approximate surface area is 132 Å². The Bertz CT molecular complexity index is 498. The van der Waals surface area contributed by atoms with Gasteiger partial charge in [-0.1, -0.05) is 17.5 Å². The third-order valence-electron chi connectivity index (χ3n) is 3.70. The minimum atomic E-state index is 0.430. The quantitative estimate of drug-likeness (QED) is 0.815. The van der Waals surface area contributed by atoms with Gasteiger partial charge in [-0.25, -0.2) is 0 Å². The molecule has 1 aromatic rings. The van der Waals surface area contributed by atoms with Gasteiger partial charge in [0.25, 0.3) is 0 Å². The Kier molecular flexibility index (Phi) is 6.53. The zero-order chi connectivity index (χ0) is 15.1. The van der Waals surface area contributed by atoms with Gasteiger partial charge in [0.1, 0.15) is 0 Å². The van der Waals surface area contributed by atoms with Crippen molar-refractivity contribution in [1.29, 1.82) is 0 Å². The Morgan fingerprint density at radius 2 is 2.33 bits per heavy atom. The molecule has 114 valence electrons. The Hall–Kier alpha value is -1.05. The van der Waals surface area contributed by atoms with Crippen molar-refractivity contribution < 1.29 is 4.74 Å². The fraction of sp³-hybridized carbons (Fsp3) is 0.529. The molecule has 1 unspecified atom stereocenters. The highest BCUT2D eigenvalue weighted by Gasteiger charge is 2.18. The molecule has 0 radical (unpaired) electrons. The van der Waals surface area contributed by atoms with Crippen molar-refractivity contribution >= 4 is 11.6 Å². The number of halogens is 1. The van der Waals surface area contributed by atoms with Gasteiger partial charge in [0.05, 0.1) is 6.61 Å². The van der Waals surface area contributed by atoms with Crippen LogP contribution in [-0.4, -0.2) is 50.3 Å². The predicted octanol–water partition coefficient (Wildman–Crippen LogP) is 2.17. The summed E-state index contributed by atoms with van der Waals surface area (Å²) in [5.41, 5.74) is 2.06. The van der Waals surface area contributed by atoms with Gasteiger partial charge in [0.15, 0.2) is 0 Å². The van der Waals surface area contributed by atoms with Crippen molar-refractivity contribution in [3.05, 3.63) is 34.3 Å². The van der Waals surface area contributed by atoms with E-state index >= 15 is 0 Å². The highest BCUT2D eigenvalue weighted by atomic mass is 35.5. The van der Waals surface area contributed by atoms with Gasteiger partial charge in [-0.15, -0.1) is 6.42 Å². The third-order valence-corrected chi connectivity index (χ3v) is 3.92. The first-order valence-electron chi connectivity index (χ1n) is 7.51. The van der Waals surface area contributed by atoms with Crippen molar-refractivity contribution in [3.8, 4) is 12.3 Å². The molecular formula is C17H23ClN2O. The summed E-state index contributed by atoms with van der Waals surface area (Å²) in [6.45, 7) is 7.73. The largest absolute Gasteiger partial charge is 0.380 e. The van der Waals surface area contributed by atoms with E-state index in [9.17, 15) is 0 Å². The molecule has 1 fully saturated rings. The average Bonchev–Trinajstić information content (AvgIpc) is 2.51. The molecular weight excluding hydrogens is 284 g/mol. The highest BCUT2D eigenvalue weighted by Crippen LogP contribution is 2.15. The van der Waals surface area contributed by atoms with Crippen molar-refractivity contribution in [2.45, 2.75) is 19.4 Å². The summed E-state index contributed by atoms with van der Waals surface area (Å²) in [6, 6.07) is 6.31. The van der Waals surface area contributed by atoms with Crippen LogP contribution in [0.2, 0.25) is 5.02 Å². The second kappa shape index (κ2) is 8.41. The van der Waals surface area contributed by atoms with Crippen LogP contribution >= 0.6 is 11.6 Å². The van der Waals surface area contributed by atoms with Gasteiger partial charge >= 0.3 is 0 Å². The number of hydrogen-bond acceptors (Lipinski definition) is 3. The van der Waals surface area contributed by atoms with Crippen molar-refractivity contribution in [3.63, 3.8) is 0 Å². The SMILES string of the molecule is C#Cc1cc(Cl)cc(CCN2CCNC(COCC)C2)c1. The molecule has 0 saturated carbocycles. The number of nitrogens with zero attached hydrogens (tertiary/aromatic N) is 1. The van der Waals surface area contributed by atoms with E-state index < -0.39 is 0 Å². The van der Waals surface area contributed by atoms with E-state index in [1.54, 1.807) is 0 Å². The van der Waals surface area contributed by atoms with Crippen LogP contribution in [0.15, 0.2) is 18.2 Å². The highest BCUT2D eigenvalue weighted by molar-refractivity contribution is 6.30. The lowest BCUT2D eigenvalue weighted by Gasteiger charge is -2.33. The van der Waals surface area contributed by atoms with Crippen molar-refractivity contribution in [2.75, 3.05) is 39.4 Å². The van der Waals surface area contributed by atoms with Crippen LogP contribution < -0.4 is 5.32 Å². The van der Waals surface area contributed by atoms with E-state index in [0.29, 0.717) is 6.04 Å². The topological polar surface area (TPSA) is 24.5 Å². The normalized spacial score (nSPS) is 19.4. The van der Waals surface area contributed by atoms with E-state index in [0.717, 1.165) is 56.4 Å². The third kappa shape index (κ3) is 5.33. The number of piperazine rings is 1. The molecule has 0 aliphatic carbocycles. The molecule has 0 bridgehead atoms. The second-order valence-electron chi connectivity index (χ2n) is 5.35. The maximum Gasteiger partial charge on any atom is 0.0632 e. The molecule has 0 spiro atoms. The summed E-state index contributed by atoms with van der Waals surface area (Å²) in [5, 5.41) is 4.21. The van der Waals surface area contributed by atoms with E-state index in [-0.39, 0.29) is 0 Å². The van der Waals surface area contributed by atoms with Crippen LogP contribution in [0.4, 0.5) is 0 Å². The maximum atomic E-state index is 6.09. The molecule has 1 saturated heterocycles. The lowest BCUT2D eigenvalue weighted by atomic mass is 10.1. The second-order valence-corrected chi connectivity index (χ2v) is 5.79. The zero-order valence-electron chi connectivity index (χ0n) is 12.6. The first kappa shape index (κ1) is 16.3. The maximum absolute atomic E-state index is 6.09. The van der Waals surface area contributed by atoms with Crippen molar-refractivity contribution in [2.24, 2.45) is 0 Å². The minimum absolute atomic E-state index is 0.430. The molecule has 21 heavy (non-hydrogen) atoms. The number of nitrogens with one attached hydrogen (secondary N) is 1. The molecule has 1 heterocycles. The lowest BCUT2D eigenvalue weighted by Crippen LogP contribution is -2.52. The summed E-state index contributed by atoms with van der Waals surface area (Å²) in [6.07, 6.45) is 6.42. The number of benzene rings is 1. The lowest BCUT2D eigenvalue weighted by molar-refractivity contribution is 0.0895. The summed E-state index contributed by atoms with van der Waals surface area (Å²) in [5.74, 6) is 2.65. The molecule has 1 aliphatic heterocycles. The molecule has 4 heteroatoms. The molecule has 1 N–H and O–H groups in total. The minimum Gasteiger partial charge on any atom is -0.380 e. The standard InChI is InChI=1S/C17H23ClN2O/c1-3-14-9-15(11-16(18)10-14)5-7-20-8-6-19-17(12-20)13-21-4-2/h1,9-11,17,19H,4-8,12-13H2,2H3. The first-order chi connectivity index (χ1) is 10.2. The van der Waals surface area contributed by atoms with Gasteiger partial charge in [-0.05, 0) is 37.1 Å². The van der Waals surface area contributed by atoms with Crippen LogP contribution in [0.25, 0.3) is 0 Å². The van der Waals surface area contributed by atoms with Crippen LogP contribution in [0.5, 0.6) is 0 Å². The summed E-state index contributed by atoms with van der Waals surface area (Å²) < 4.78 is 5.50. The fourth-order valence-electron chi connectivity index (χ4n) is 2.63. The number of hydrogen-bond donors (Lipinski definition) is 1. The monoisotopic (exact) mass is 306 g/mol. The van der Waals surface area contributed by atoms with Crippen LogP contribution in [0.1, 0.15) is 18.1 Å². The first-order valence-corrected chi connectivity index (χ1v) is 7.88. The molecule has 0 aromatic heterocycles. The molecule has 1 aromatic carbocycles. The average molecular weight is 307 g/mol. The van der Waals surface area contributed by atoms with Gasteiger partial charge < -0.3 is 15.0 Å². The van der Waals surface area contributed by atoms with Crippen LogP contribution in [0.3, 0.4) is 0 Å². The van der Waals surface area contributed by atoms with E-state index in [4.69, 9.17) is 22.8 Å². The molecule has 1 atom stereocenters. The molecule has 2 rings (SSSR count). The van der Waals surface area contributed by atoms with Gasteiger partial charge in [0.2, 0.25) is 0 Å². The molecule has 3 nitrogen and oxygen atoms in total. The van der Waals surface area contributed by atoms with Crippen LogP contribution in [-0.2, 0) is 11.2 Å². The van der Waals surface area contributed by atoms with Crippen LogP contribution in [0, 0.1) is 12.3 Å². The zero-order valence-corrected chi connectivity index (χ0v) is 13.3. The van der Waals surface area contributed by atoms with E-state index in [1.807, 2.05) is 25.1 Å². The van der Waals surface area contributed by atoms with E-state index in [2.05, 4.69) is 16.1 Å². The number of ether oxygens (including phenoxy) is 1. The Morgan fingerprint density at radius 3 is 3.10 bits per heavy atom. The van der Waals surface area contributed by atoms with Gasteiger partial charge in [-0.2, -0.15) is 0 Å². The smallest absolute Gasteiger partial charge is 0.0632 e. The molecule has 0 amide bonds. The summed E-state index contributed by atoms with van der Waals surface area (Å²) in [7, 11) is 0. The van der Waals surface area contributed by atoms with Gasteiger partial charge in [-0.3, -0.25) is 0 Å². The van der Waals surface area contributed by atoms with Gasteiger partial charge in [0, 0.05) is 49.4 Å². The Morgan fingerprint density at radius 1 is 1.48 bits per heavy atom. The van der Waals surface area contributed by atoms with Crippen molar-refractivity contribution in [1.82, 2.24) is 10.2 Å².